The zero-order chi connectivity index (χ0) is 11.5. The maximum Gasteiger partial charge on any atom is 0.121 e. The Hall–Kier alpha value is -1.38. The Labute approximate surface area is 97.0 Å². The molecule has 3 nitrogen and oxygen atoms in total. The van der Waals surface area contributed by atoms with Gasteiger partial charge < -0.3 is 15.8 Å². The Kier molecular flexibility index (Phi) is 3.22. The zero-order valence-corrected chi connectivity index (χ0v) is 9.99. The van der Waals surface area contributed by atoms with Crippen LogP contribution < -0.4 is 15.8 Å². The molecule has 1 aliphatic rings. The third-order valence-electron chi connectivity index (χ3n) is 3.18. The van der Waals surface area contributed by atoms with E-state index in [1.54, 1.807) is 7.11 Å². The van der Waals surface area contributed by atoms with Gasteiger partial charge >= 0.3 is 0 Å². The molecule has 3 N–H and O–H groups in total. The van der Waals surface area contributed by atoms with Crippen molar-refractivity contribution in [3.05, 3.63) is 18.2 Å². The summed E-state index contributed by atoms with van der Waals surface area (Å²) in [6.07, 6.45) is 3.86. The fourth-order valence-corrected chi connectivity index (χ4v) is 2.11. The lowest BCUT2D eigenvalue weighted by atomic mass is 10.2. The first-order valence-electron chi connectivity index (χ1n) is 5.94. The van der Waals surface area contributed by atoms with Crippen molar-refractivity contribution in [2.75, 3.05) is 18.2 Å². The minimum absolute atomic E-state index is 0.621. The van der Waals surface area contributed by atoms with Gasteiger partial charge in [-0.2, -0.15) is 0 Å². The van der Waals surface area contributed by atoms with E-state index in [1.807, 2.05) is 18.2 Å². The summed E-state index contributed by atoms with van der Waals surface area (Å²) in [5.41, 5.74) is 7.75. The summed E-state index contributed by atoms with van der Waals surface area (Å²) >= 11 is 0. The first-order chi connectivity index (χ1) is 7.74. The predicted molar refractivity (Wildman–Crippen MR) is 67.8 cm³/mol. The molecule has 1 aliphatic carbocycles. The maximum absolute atomic E-state index is 5.95. The number of hydrogen-bond donors (Lipinski definition) is 2. The molecule has 3 heteroatoms. The van der Waals surface area contributed by atoms with Gasteiger partial charge in [-0.05, 0) is 30.9 Å². The van der Waals surface area contributed by atoms with Crippen LogP contribution in [-0.4, -0.2) is 13.2 Å². The summed E-state index contributed by atoms with van der Waals surface area (Å²) in [6, 6.07) is 6.42. The van der Waals surface area contributed by atoms with Crippen molar-refractivity contribution in [3.63, 3.8) is 0 Å². The van der Waals surface area contributed by atoms with Gasteiger partial charge in [0.1, 0.15) is 5.75 Å². The number of nitrogens with two attached hydrogens (primary N) is 1. The van der Waals surface area contributed by atoms with E-state index in [0.717, 1.165) is 23.0 Å². The van der Waals surface area contributed by atoms with Gasteiger partial charge in [-0.15, -0.1) is 0 Å². The Morgan fingerprint density at radius 3 is 2.94 bits per heavy atom. The topological polar surface area (TPSA) is 47.3 Å². The highest BCUT2D eigenvalue weighted by Crippen LogP contribution is 2.38. The molecular weight excluding hydrogens is 200 g/mol. The molecule has 2 unspecified atom stereocenters. The average Bonchev–Trinajstić information content (AvgIpc) is 3.00. The molecule has 2 rings (SSSR count). The minimum Gasteiger partial charge on any atom is -0.497 e. The van der Waals surface area contributed by atoms with E-state index in [2.05, 4.69) is 12.2 Å². The van der Waals surface area contributed by atoms with Crippen molar-refractivity contribution >= 4 is 11.4 Å². The predicted octanol–water partition coefficient (Wildman–Crippen LogP) is 2.88. The first-order valence-corrected chi connectivity index (χ1v) is 5.94. The molecule has 1 aromatic rings. The van der Waals surface area contributed by atoms with Gasteiger partial charge in [-0.3, -0.25) is 0 Å². The van der Waals surface area contributed by atoms with Crippen molar-refractivity contribution < 1.29 is 4.74 Å². The molecule has 0 heterocycles. The lowest BCUT2D eigenvalue weighted by Crippen LogP contribution is -2.06. The quantitative estimate of drug-likeness (QED) is 0.750. The summed E-state index contributed by atoms with van der Waals surface area (Å²) in [4.78, 5) is 0. The molecule has 16 heavy (non-hydrogen) atoms. The molecule has 2 atom stereocenters. The number of ether oxygens (including phenoxy) is 1. The van der Waals surface area contributed by atoms with Crippen molar-refractivity contribution in [2.24, 2.45) is 5.92 Å². The normalized spacial score (nSPS) is 22.9. The van der Waals surface area contributed by atoms with E-state index in [4.69, 9.17) is 10.5 Å². The number of nitrogens with one attached hydrogen (secondary N) is 1. The molecule has 0 spiro atoms. The molecule has 0 bridgehead atoms. The highest BCUT2D eigenvalue weighted by molar-refractivity contribution is 5.68. The van der Waals surface area contributed by atoms with Crippen molar-refractivity contribution in [1.82, 2.24) is 0 Å². The second-order valence-corrected chi connectivity index (χ2v) is 4.49. The molecule has 0 aromatic heterocycles. The van der Waals surface area contributed by atoms with Crippen LogP contribution in [0.5, 0.6) is 5.75 Å². The molecule has 1 fully saturated rings. The van der Waals surface area contributed by atoms with E-state index < -0.39 is 0 Å². The van der Waals surface area contributed by atoms with Gasteiger partial charge in [0.2, 0.25) is 0 Å². The third-order valence-corrected chi connectivity index (χ3v) is 3.18. The molecular formula is C13H20N2O. The Morgan fingerprint density at radius 2 is 2.31 bits per heavy atom. The van der Waals surface area contributed by atoms with Gasteiger partial charge in [-0.1, -0.05) is 13.3 Å². The zero-order valence-electron chi connectivity index (χ0n) is 9.99. The second-order valence-electron chi connectivity index (χ2n) is 4.49. The molecule has 1 aromatic carbocycles. The van der Waals surface area contributed by atoms with E-state index in [0.29, 0.717) is 6.04 Å². The van der Waals surface area contributed by atoms with Crippen LogP contribution in [0.15, 0.2) is 18.2 Å². The van der Waals surface area contributed by atoms with Crippen LogP contribution in [0, 0.1) is 5.92 Å². The maximum atomic E-state index is 5.95. The number of methoxy groups -OCH3 is 1. The monoisotopic (exact) mass is 220 g/mol. The fourth-order valence-electron chi connectivity index (χ4n) is 2.11. The number of nitrogen functional groups attached to an aromatic ring is 1. The van der Waals surface area contributed by atoms with Crippen LogP contribution in [0.1, 0.15) is 26.2 Å². The summed E-state index contributed by atoms with van der Waals surface area (Å²) in [5, 5.41) is 3.49. The van der Waals surface area contributed by atoms with Crippen LogP contribution in [0.3, 0.4) is 0 Å². The first kappa shape index (κ1) is 11.1. The number of benzene rings is 1. The van der Waals surface area contributed by atoms with Gasteiger partial charge in [0.05, 0.1) is 18.5 Å². The Morgan fingerprint density at radius 1 is 1.50 bits per heavy atom. The van der Waals surface area contributed by atoms with Gasteiger partial charge in [0.15, 0.2) is 0 Å². The van der Waals surface area contributed by atoms with E-state index in [1.165, 1.54) is 19.3 Å². The number of anilines is 2. The van der Waals surface area contributed by atoms with Gasteiger partial charge in [0.25, 0.3) is 0 Å². The van der Waals surface area contributed by atoms with Crippen molar-refractivity contribution in [3.8, 4) is 5.75 Å². The smallest absolute Gasteiger partial charge is 0.121 e. The third kappa shape index (κ3) is 2.40. The summed E-state index contributed by atoms with van der Waals surface area (Å²) in [5.74, 6) is 1.65. The molecule has 88 valence electrons. The highest BCUT2D eigenvalue weighted by Gasteiger charge is 2.36. The van der Waals surface area contributed by atoms with Crippen LogP contribution in [0.2, 0.25) is 0 Å². The lowest BCUT2D eigenvalue weighted by Gasteiger charge is -2.10. The summed E-state index contributed by atoms with van der Waals surface area (Å²) in [6.45, 7) is 2.23. The second kappa shape index (κ2) is 4.64. The van der Waals surface area contributed by atoms with E-state index >= 15 is 0 Å². The van der Waals surface area contributed by atoms with E-state index in [-0.39, 0.29) is 0 Å². The fraction of sp³-hybridized carbons (Fsp3) is 0.538. The summed E-state index contributed by atoms with van der Waals surface area (Å²) in [7, 11) is 1.65. The van der Waals surface area contributed by atoms with Crippen LogP contribution >= 0.6 is 0 Å². The van der Waals surface area contributed by atoms with Crippen molar-refractivity contribution in [2.45, 2.75) is 32.2 Å². The SMILES string of the molecule is CCCC1CC1Nc1ccc(OC)cc1N. The lowest BCUT2D eigenvalue weighted by molar-refractivity contribution is 0.415. The van der Waals surface area contributed by atoms with E-state index in [9.17, 15) is 0 Å². The van der Waals surface area contributed by atoms with Crippen LogP contribution in [0.4, 0.5) is 11.4 Å². The minimum atomic E-state index is 0.621. The standard InChI is InChI=1S/C13H20N2O/c1-3-4-9-7-13(9)15-12-6-5-10(16-2)8-11(12)14/h5-6,8-9,13,15H,3-4,7,14H2,1-2H3. The number of hydrogen-bond acceptors (Lipinski definition) is 3. The Bertz CT molecular complexity index is 365. The number of rotatable bonds is 5. The molecule has 0 amide bonds. The summed E-state index contributed by atoms with van der Waals surface area (Å²) < 4.78 is 5.12. The molecule has 0 aliphatic heterocycles. The highest BCUT2D eigenvalue weighted by atomic mass is 16.5. The van der Waals surface area contributed by atoms with Crippen LogP contribution in [-0.2, 0) is 0 Å². The molecule has 0 radical (unpaired) electrons. The molecule has 1 saturated carbocycles. The average molecular weight is 220 g/mol. The van der Waals surface area contributed by atoms with Gasteiger partial charge in [-0.25, -0.2) is 0 Å². The van der Waals surface area contributed by atoms with Gasteiger partial charge in [0, 0.05) is 12.1 Å². The van der Waals surface area contributed by atoms with Crippen molar-refractivity contribution in [1.29, 1.82) is 0 Å². The molecule has 0 saturated heterocycles. The largest absolute Gasteiger partial charge is 0.497 e. The van der Waals surface area contributed by atoms with Crippen LogP contribution in [0.25, 0.3) is 0 Å². The Balaban J connectivity index is 1.95.